The molecule has 0 bridgehead atoms. The van der Waals surface area contributed by atoms with Gasteiger partial charge in [0.1, 0.15) is 4.99 Å². The third kappa shape index (κ3) is 3.43. The van der Waals surface area contributed by atoms with E-state index in [1.54, 1.807) is 0 Å². The van der Waals surface area contributed by atoms with E-state index in [9.17, 15) is 8.42 Å². The van der Waals surface area contributed by atoms with Crippen molar-refractivity contribution >= 4 is 15.3 Å². The number of rotatable bonds is 3. The van der Waals surface area contributed by atoms with Crippen LogP contribution in [0.1, 0.15) is 6.42 Å². The van der Waals surface area contributed by atoms with E-state index in [2.05, 4.69) is 5.32 Å². The molecule has 0 saturated carbocycles. The topological polar surface area (TPSA) is 69.6 Å². The van der Waals surface area contributed by atoms with Gasteiger partial charge >= 0.3 is 0 Å². The van der Waals surface area contributed by atoms with Gasteiger partial charge in [-0.1, -0.05) is 0 Å². The highest BCUT2D eigenvalue weighted by Gasteiger charge is 2.14. The van der Waals surface area contributed by atoms with E-state index in [0.717, 1.165) is 13.1 Å². The van der Waals surface area contributed by atoms with Crippen LogP contribution < -0.4 is 5.32 Å². The SMILES string of the molecule is O=S(=O)=C1CN(CCCO)CCN1. The summed E-state index contributed by atoms with van der Waals surface area (Å²) in [6.07, 6.45) is 0.693. The van der Waals surface area contributed by atoms with Crippen LogP contribution in [0.4, 0.5) is 0 Å². The number of aliphatic hydroxyl groups excluding tert-OH is 1. The Morgan fingerprint density at radius 2 is 2.31 bits per heavy atom. The zero-order valence-electron chi connectivity index (χ0n) is 7.36. The van der Waals surface area contributed by atoms with Crippen molar-refractivity contribution in [2.24, 2.45) is 0 Å². The van der Waals surface area contributed by atoms with E-state index in [1.165, 1.54) is 0 Å². The second-order valence-electron chi connectivity index (χ2n) is 2.94. The lowest BCUT2D eigenvalue weighted by atomic mass is 10.3. The molecule has 1 heterocycles. The molecule has 1 fully saturated rings. The lowest BCUT2D eigenvalue weighted by Gasteiger charge is -2.26. The summed E-state index contributed by atoms with van der Waals surface area (Å²) in [5, 5.41) is 11.4. The number of nitrogens with one attached hydrogen (secondary N) is 1. The van der Waals surface area contributed by atoms with E-state index in [0.29, 0.717) is 24.5 Å². The average Bonchev–Trinajstić information content (AvgIpc) is 2.15. The molecule has 1 rings (SSSR count). The van der Waals surface area contributed by atoms with Crippen LogP contribution in [0.15, 0.2) is 0 Å². The van der Waals surface area contributed by atoms with E-state index in [-0.39, 0.29) is 6.61 Å². The fourth-order valence-electron chi connectivity index (χ4n) is 1.29. The maximum Gasteiger partial charge on any atom is 0.229 e. The Balaban J connectivity index is 2.47. The van der Waals surface area contributed by atoms with Gasteiger partial charge in [-0.2, -0.15) is 8.42 Å². The predicted octanol–water partition coefficient (Wildman–Crippen LogP) is -1.72. The van der Waals surface area contributed by atoms with Crippen molar-refractivity contribution in [3.63, 3.8) is 0 Å². The first kappa shape index (κ1) is 10.6. The summed E-state index contributed by atoms with van der Waals surface area (Å²) in [7, 11) is -2.13. The molecule has 6 heteroatoms. The summed E-state index contributed by atoms with van der Waals surface area (Å²) in [6, 6.07) is 0. The number of hydrogen-bond donors (Lipinski definition) is 2. The molecule has 1 saturated heterocycles. The summed E-state index contributed by atoms with van der Waals surface area (Å²) in [6.45, 7) is 2.84. The maximum atomic E-state index is 10.6. The van der Waals surface area contributed by atoms with Crippen LogP contribution in [0, 0.1) is 0 Å². The first-order chi connectivity index (χ1) is 6.24. The molecule has 0 amide bonds. The van der Waals surface area contributed by atoms with Gasteiger partial charge in [-0.3, -0.25) is 10.2 Å². The number of piperazine rings is 1. The summed E-state index contributed by atoms with van der Waals surface area (Å²) < 4.78 is 21.2. The van der Waals surface area contributed by atoms with Gasteiger partial charge in [-0.05, 0) is 6.42 Å². The van der Waals surface area contributed by atoms with E-state index < -0.39 is 10.3 Å². The second-order valence-corrected chi connectivity index (χ2v) is 3.90. The molecule has 2 N–H and O–H groups in total. The molecule has 0 aromatic rings. The molecule has 1 aliphatic heterocycles. The zero-order valence-corrected chi connectivity index (χ0v) is 8.18. The summed E-state index contributed by atoms with van der Waals surface area (Å²) >= 11 is 0. The molecule has 76 valence electrons. The van der Waals surface area contributed by atoms with E-state index >= 15 is 0 Å². The summed E-state index contributed by atoms with van der Waals surface area (Å²) in [5.74, 6) is 0. The van der Waals surface area contributed by atoms with Crippen LogP contribution in [0.3, 0.4) is 0 Å². The van der Waals surface area contributed by atoms with Crippen molar-refractivity contribution in [3.05, 3.63) is 0 Å². The summed E-state index contributed by atoms with van der Waals surface area (Å²) in [5.41, 5.74) is 0. The molecule has 0 aliphatic carbocycles. The Morgan fingerprint density at radius 1 is 1.54 bits per heavy atom. The quantitative estimate of drug-likeness (QED) is 0.538. The minimum Gasteiger partial charge on any atom is -0.396 e. The smallest absolute Gasteiger partial charge is 0.229 e. The highest BCUT2D eigenvalue weighted by Crippen LogP contribution is 1.94. The maximum absolute atomic E-state index is 10.6. The standard InChI is InChI=1S/C7H14N2O3S/c10-5-1-3-9-4-2-8-7(6-9)13(11)12/h8,10H,1-6H2. The van der Waals surface area contributed by atoms with Gasteiger partial charge in [0.2, 0.25) is 10.3 Å². The summed E-state index contributed by atoms with van der Waals surface area (Å²) in [4.78, 5) is 2.36. The lowest BCUT2D eigenvalue weighted by Crippen LogP contribution is -2.48. The van der Waals surface area contributed by atoms with Gasteiger partial charge in [-0.25, -0.2) is 0 Å². The van der Waals surface area contributed by atoms with Crippen LogP contribution in [0.2, 0.25) is 0 Å². The first-order valence-corrected chi connectivity index (χ1v) is 5.33. The van der Waals surface area contributed by atoms with Gasteiger partial charge < -0.3 is 5.11 Å². The monoisotopic (exact) mass is 206 g/mol. The van der Waals surface area contributed by atoms with E-state index in [1.807, 2.05) is 4.90 Å². The van der Waals surface area contributed by atoms with E-state index in [4.69, 9.17) is 5.11 Å². The van der Waals surface area contributed by atoms with Crippen molar-refractivity contribution in [1.82, 2.24) is 10.2 Å². The molecule has 13 heavy (non-hydrogen) atoms. The predicted molar refractivity (Wildman–Crippen MR) is 50.1 cm³/mol. The van der Waals surface area contributed by atoms with Crippen LogP contribution >= 0.6 is 0 Å². The van der Waals surface area contributed by atoms with Gasteiger partial charge in [0, 0.05) is 32.8 Å². The molecule has 5 nitrogen and oxygen atoms in total. The average molecular weight is 206 g/mol. The van der Waals surface area contributed by atoms with Crippen LogP contribution in [-0.2, 0) is 10.3 Å². The van der Waals surface area contributed by atoms with Crippen LogP contribution in [-0.4, -0.2) is 56.2 Å². The Bertz CT molecular complexity index is 278. The molecule has 1 aliphatic rings. The molecule has 0 aromatic carbocycles. The highest BCUT2D eigenvalue weighted by molar-refractivity contribution is 7.72. The zero-order chi connectivity index (χ0) is 9.68. The number of aliphatic hydroxyl groups is 1. The molecule has 0 atom stereocenters. The van der Waals surface area contributed by atoms with Crippen LogP contribution in [0.25, 0.3) is 0 Å². The third-order valence-corrected chi connectivity index (χ3v) is 2.63. The Morgan fingerprint density at radius 3 is 2.92 bits per heavy atom. The molecule has 0 spiro atoms. The second kappa shape index (κ2) is 5.33. The molecule has 0 unspecified atom stereocenters. The fourth-order valence-corrected chi connectivity index (χ4v) is 1.80. The molecular weight excluding hydrogens is 192 g/mol. The normalized spacial score (nSPS) is 19.0. The largest absolute Gasteiger partial charge is 0.396 e. The number of hydrogen-bond acceptors (Lipinski definition) is 4. The van der Waals surface area contributed by atoms with Crippen molar-refractivity contribution in [2.75, 3.05) is 32.8 Å². The highest BCUT2D eigenvalue weighted by atomic mass is 32.2. The van der Waals surface area contributed by atoms with Gasteiger partial charge in [0.25, 0.3) is 0 Å². The Kier molecular flexibility index (Phi) is 4.37. The van der Waals surface area contributed by atoms with Crippen molar-refractivity contribution < 1.29 is 13.5 Å². The Labute approximate surface area is 78.9 Å². The molecular formula is C7H14N2O3S. The molecule has 0 aromatic heterocycles. The minimum absolute atomic E-state index is 0.153. The van der Waals surface area contributed by atoms with Crippen LogP contribution in [0.5, 0.6) is 0 Å². The Hall–Kier alpha value is -0.430. The van der Waals surface area contributed by atoms with Gasteiger partial charge in [0.05, 0.1) is 0 Å². The van der Waals surface area contributed by atoms with Crippen molar-refractivity contribution in [1.29, 1.82) is 0 Å². The lowest BCUT2D eigenvalue weighted by molar-refractivity contribution is 0.235. The fraction of sp³-hybridized carbons (Fsp3) is 0.857. The van der Waals surface area contributed by atoms with Crippen molar-refractivity contribution in [2.45, 2.75) is 6.42 Å². The third-order valence-electron chi connectivity index (χ3n) is 1.95. The molecule has 0 radical (unpaired) electrons. The number of nitrogens with zero attached hydrogens (tertiary/aromatic N) is 1. The first-order valence-electron chi connectivity index (χ1n) is 4.26. The van der Waals surface area contributed by atoms with Gasteiger partial charge in [-0.15, -0.1) is 0 Å². The van der Waals surface area contributed by atoms with Gasteiger partial charge in [0.15, 0.2) is 0 Å². The van der Waals surface area contributed by atoms with Crippen molar-refractivity contribution in [3.8, 4) is 0 Å². The minimum atomic E-state index is -2.13.